The molecule has 0 unspecified atom stereocenters. The monoisotopic (exact) mass is 357 g/mol. The van der Waals surface area contributed by atoms with Crippen LogP contribution in [0.25, 0.3) is 0 Å². The van der Waals surface area contributed by atoms with Crippen molar-refractivity contribution in [2.45, 2.75) is 39.0 Å². The lowest BCUT2D eigenvalue weighted by molar-refractivity contribution is -0.127. The highest BCUT2D eigenvalue weighted by molar-refractivity contribution is 7.98. The molecule has 3 nitrogen and oxygen atoms in total. The van der Waals surface area contributed by atoms with Gasteiger partial charge in [-0.3, -0.25) is 4.79 Å². The van der Waals surface area contributed by atoms with Crippen molar-refractivity contribution in [3.8, 4) is 5.75 Å². The van der Waals surface area contributed by atoms with Crippen LogP contribution in [0.15, 0.2) is 48.5 Å². The largest absolute Gasteiger partial charge is 0.481 e. The molecule has 2 aromatic carbocycles. The quantitative estimate of drug-likeness (QED) is 0.671. The Hall–Kier alpha value is -1.94. The van der Waals surface area contributed by atoms with Gasteiger partial charge in [0.05, 0.1) is 0 Å². The van der Waals surface area contributed by atoms with Gasteiger partial charge in [0.1, 0.15) is 5.75 Å². The summed E-state index contributed by atoms with van der Waals surface area (Å²) < 4.78 is 5.83. The molecule has 2 rings (SSSR count). The van der Waals surface area contributed by atoms with Crippen LogP contribution < -0.4 is 10.1 Å². The fourth-order valence-corrected chi connectivity index (χ4v) is 3.33. The number of nitrogens with one attached hydrogen (secondary N) is 1. The van der Waals surface area contributed by atoms with Crippen molar-refractivity contribution in [1.82, 2.24) is 5.32 Å². The lowest BCUT2D eigenvalue weighted by atomic mass is 10.2. The Kier molecular flexibility index (Phi) is 7.86. The molecule has 0 saturated heterocycles. The summed E-state index contributed by atoms with van der Waals surface area (Å²) in [6.45, 7) is 6.74. The topological polar surface area (TPSA) is 38.3 Å². The van der Waals surface area contributed by atoms with E-state index in [0.717, 1.165) is 22.8 Å². The molecule has 134 valence electrons. The fourth-order valence-electron chi connectivity index (χ4n) is 2.53. The van der Waals surface area contributed by atoms with Gasteiger partial charge < -0.3 is 10.1 Å². The standard InChI is InChI=1S/C21H27NO2S/c1-4-20(24-19-10-6-8-17(3)14-19)21(23)22-11-12-25-15-18-9-5-7-16(2)13-18/h5-10,13-14,20H,4,11-12,15H2,1-3H3,(H,22,23)/t20-/m1/s1. The Morgan fingerprint density at radius 2 is 1.84 bits per heavy atom. The summed E-state index contributed by atoms with van der Waals surface area (Å²) in [5.41, 5.74) is 3.73. The highest BCUT2D eigenvalue weighted by Crippen LogP contribution is 2.16. The van der Waals surface area contributed by atoms with Crippen molar-refractivity contribution >= 4 is 17.7 Å². The Morgan fingerprint density at radius 3 is 2.52 bits per heavy atom. The van der Waals surface area contributed by atoms with E-state index in [-0.39, 0.29) is 5.91 Å². The lowest BCUT2D eigenvalue weighted by Crippen LogP contribution is -2.39. The first-order chi connectivity index (χ1) is 12.1. The number of hydrogen-bond acceptors (Lipinski definition) is 3. The van der Waals surface area contributed by atoms with Gasteiger partial charge in [-0.25, -0.2) is 0 Å². The van der Waals surface area contributed by atoms with Crippen molar-refractivity contribution in [3.05, 3.63) is 65.2 Å². The van der Waals surface area contributed by atoms with Gasteiger partial charge in [0.2, 0.25) is 0 Å². The molecule has 1 amide bonds. The SMILES string of the molecule is CC[C@@H](Oc1cccc(C)c1)C(=O)NCCSCc1cccc(C)c1. The second kappa shape index (κ2) is 10.1. The Balaban J connectivity index is 1.71. The van der Waals surface area contributed by atoms with Crippen LogP contribution in [0.3, 0.4) is 0 Å². The van der Waals surface area contributed by atoms with Crippen LogP contribution in [0.2, 0.25) is 0 Å². The number of carbonyl (C=O) groups is 1. The van der Waals surface area contributed by atoms with Crippen molar-refractivity contribution in [2.75, 3.05) is 12.3 Å². The Morgan fingerprint density at radius 1 is 1.12 bits per heavy atom. The Bertz CT molecular complexity index is 687. The van der Waals surface area contributed by atoms with Crippen molar-refractivity contribution in [2.24, 2.45) is 0 Å². The molecule has 1 atom stereocenters. The second-order valence-corrected chi connectivity index (χ2v) is 7.27. The van der Waals surface area contributed by atoms with Crippen molar-refractivity contribution < 1.29 is 9.53 Å². The molecule has 0 aromatic heterocycles. The highest BCUT2D eigenvalue weighted by atomic mass is 32.2. The molecule has 0 aliphatic rings. The first-order valence-corrected chi connectivity index (χ1v) is 9.88. The number of carbonyl (C=O) groups excluding carboxylic acids is 1. The Labute approximate surface area is 155 Å². The summed E-state index contributed by atoms with van der Waals surface area (Å²) in [5.74, 6) is 2.56. The molecule has 0 saturated carbocycles. The summed E-state index contributed by atoms with van der Waals surface area (Å²) in [6.07, 6.45) is 0.208. The van der Waals surface area contributed by atoms with Crippen LogP contribution in [0, 0.1) is 13.8 Å². The van der Waals surface area contributed by atoms with E-state index in [1.165, 1.54) is 11.1 Å². The van der Waals surface area contributed by atoms with Crippen molar-refractivity contribution in [1.29, 1.82) is 0 Å². The predicted molar refractivity (Wildman–Crippen MR) is 106 cm³/mol. The number of hydrogen-bond donors (Lipinski definition) is 1. The molecule has 0 fully saturated rings. The molecule has 1 N–H and O–H groups in total. The highest BCUT2D eigenvalue weighted by Gasteiger charge is 2.17. The van der Waals surface area contributed by atoms with Gasteiger partial charge >= 0.3 is 0 Å². The summed E-state index contributed by atoms with van der Waals surface area (Å²) in [4.78, 5) is 12.3. The number of ether oxygens (including phenoxy) is 1. The molecular formula is C21H27NO2S. The summed E-state index contributed by atoms with van der Waals surface area (Å²) in [7, 11) is 0. The van der Waals surface area contributed by atoms with Gasteiger partial charge in [-0.15, -0.1) is 0 Å². The molecular weight excluding hydrogens is 330 g/mol. The minimum absolute atomic E-state index is 0.0415. The molecule has 0 aliphatic carbocycles. The zero-order valence-corrected chi connectivity index (χ0v) is 16.1. The van der Waals surface area contributed by atoms with Gasteiger partial charge in [0.15, 0.2) is 6.10 Å². The third kappa shape index (κ3) is 6.83. The zero-order valence-electron chi connectivity index (χ0n) is 15.2. The molecule has 0 aliphatic heterocycles. The minimum atomic E-state index is -0.441. The molecule has 0 radical (unpaired) electrons. The van der Waals surface area contributed by atoms with Crippen LogP contribution in [-0.2, 0) is 10.5 Å². The van der Waals surface area contributed by atoms with E-state index in [2.05, 4.69) is 36.5 Å². The van der Waals surface area contributed by atoms with E-state index in [9.17, 15) is 4.79 Å². The van der Waals surface area contributed by atoms with E-state index in [1.54, 1.807) is 0 Å². The maximum absolute atomic E-state index is 12.3. The van der Waals surface area contributed by atoms with Gasteiger partial charge in [0.25, 0.3) is 5.91 Å². The molecule has 0 bridgehead atoms. The predicted octanol–water partition coefficient (Wildman–Crippen LogP) is 4.51. The van der Waals surface area contributed by atoms with E-state index in [4.69, 9.17) is 4.74 Å². The average Bonchev–Trinajstić information content (AvgIpc) is 2.59. The first-order valence-electron chi connectivity index (χ1n) is 8.73. The minimum Gasteiger partial charge on any atom is -0.481 e. The maximum Gasteiger partial charge on any atom is 0.261 e. The number of thioether (sulfide) groups is 1. The van der Waals surface area contributed by atoms with Crippen molar-refractivity contribution in [3.63, 3.8) is 0 Å². The van der Waals surface area contributed by atoms with Crippen LogP contribution in [0.4, 0.5) is 0 Å². The van der Waals surface area contributed by atoms with Gasteiger partial charge in [0, 0.05) is 18.1 Å². The lowest BCUT2D eigenvalue weighted by Gasteiger charge is -2.17. The molecule has 0 heterocycles. The van der Waals surface area contributed by atoms with Crippen LogP contribution in [-0.4, -0.2) is 24.3 Å². The second-order valence-electron chi connectivity index (χ2n) is 6.16. The van der Waals surface area contributed by atoms with Gasteiger partial charge in [-0.1, -0.05) is 48.9 Å². The number of aryl methyl sites for hydroxylation is 2. The summed E-state index contributed by atoms with van der Waals surface area (Å²) >= 11 is 1.83. The smallest absolute Gasteiger partial charge is 0.261 e. The van der Waals surface area contributed by atoms with E-state index in [1.807, 2.05) is 49.9 Å². The van der Waals surface area contributed by atoms with Crippen LogP contribution >= 0.6 is 11.8 Å². The third-order valence-electron chi connectivity index (χ3n) is 3.83. The van der Waals surface area contributed by atoms with Crippen LogP contribution in [0.1, 0.15) is 30.0 Å². The molecule has 2 aromatic rings. The fraction of sp³-hybridized carbons (Fsp3) is 0.381. The maximum atomic E-state index is 12.3. The normalized spacial score (nSPS) is 11.8. The number of benzene rings is 2. The van der Waals surface area contributed by atoms with E-state index in [0.29, 0.717) is 13.0 Å². The third-order valence-corrected chi connectivity index (χ3v) is 4.86. The van der Waals surface area contributed by atoms with Crippen LogP contribution in [0.5, 0.6) is 5.75 Å². The van der Waals surface area contributed by atoms with E-state index < -0.39 is 6.10 Å². The van der Waals surface area contributed by atoms with Gasteiger partial charge in [-0.2, -0.15) is 11.8 Å². The van der Waals surface area contributed by atoms with Gasteiger partial charge in [-0.05, 0) is 43.5 Å². The van der Waals surface area contributed by atoms with E-state index >= 15 is 0 Å². The average molecular weight is 358 g/mol. The summed E-state index contributed by atoms with van der Waals surface area (Å²) in [6, 6.07) is 16.3. The number of rotatable bonds is 9. The molecule has 25 heavy (non-hydrogen) atoms. The molecule has 4 heteroatoms. The summed E-state index contributed by atoms with van der Waals surface area (Å²) in [5, 5.41) is 2.98. The number of amides is 1. The zero-order chi connectivity index (χ0) is 18.1. The first kappa shape index (κ1) is 19.4. The molecule has 0 spiro atoms.